The number of nitro benzene ring substituents is 1. The summed E-state index contributed by atoms with van der Waals surface area (Å²) in [6.07, 6.45) is 0.00927. The predicted octanol–water partition coefficient (Wildman–Crippen LogP) is -0.312. The van der Waals surface area contributed by atoms with Crippen molar-refractivity contribution in [2.45, 2.75) is 11.3 Å². The molecule has 0 aromatic heterocycles. The van der Waals surface area contributed by atoms with Crippen LogP contribution in [0.4, 0.5) is 11.4 Å². The van der Waals surface area contributed by atoms with Crippen LogP contribution >= 0.6 is 0 Å². The number of hydrogen-bond donors (Lipinski definition) is 2. The van der Waals surface area contributed by atoms with Gasteiger partial charge in [-0.1, -0.05) is 6.07 Å². The monoisotopic (exact) mass is 314 g/mol. The molecule has 1 aliphatic heterocycles. The van der Waals surface area contributed by atoms with Gasteiger partial charge in [-0.05, 0) is 12.1 Å². The molecule has 9 nitrogen and oxygen atoms in total. The zero-order valence-corrected chi connectivity index (χ0v) is 11.8. The molecule has 1 amide bonds. The number of nitrogen functional groups attached to an aromatic ring is 1. The lowest BCUT2D eigenvalue weighted by atomic mass is 10.3. The van der Waals surface area contributed by atoms with Crippen molar-refractivity contribution in [1.29, 1.82) is 0 Å². The second-order valence-corrected chi connectivity index (χ2v) is 6.36. The van der Waals surface area contributed by atoms with Gasteiger partial charge in [0.2, 0.25) is 15.9 Å². The van der Waals surface area contributed by atoms with Gasteiger partial charge in [0, 0.05) is 26.1 Å². The van der Waals surface area contributed by atoms with E-state index in [9.17, 15) is 23.3 Å². The van der Waals surface area contributed by atoms with E-state index in [1.807, 2.05) is 0 Å². The van der Waals surface area contributed by atoms with Gasteiger partial charge >= 0.3 is 5.69 Å². The van der Waals surface area contributed by atoms with Crippen LogP contribution in [-0.2, 0) is 14.8 Å². The van der Waals surface area contributed by atoms with Gasteiger partial charge in [-0.25, -0.2) is 8.42 Å². The Hall–Kier alpha value is -2.20. The number of nitrogens with one attached hydrogen (secondary N) is 1. The summed E-state index contributed by atoms with van der Waals surface area (Å²) in [5.74, 6) is -0.255. The molecule has 10 heteroatoms. The predicted molar refractivity (Wildman–Crippen MR) is 73.9 cm³/mol. The van der Waals surface area contributed by atoms with E-state index in [2.05, 4.69) is 5.32 Å². The summed E-state index contributed by atoms with van der Waals surface area (Å²) in [5, 5.41) is 13.6. The molecule has 1 aliphatic rings. The molecule has 0 atom stereocenters. The number of nitrogens with two attached hydrogens (primary N) is 1. The molecule has 1 aromatic carbocycles. The molecular formula is C11H14N4O5S. The zero-order valence-electron chi connectivity index (χ0n) is 11.0. The molecule has 1 saturated heterocycles. The van der Waals surface area contributed by atoms with Crippen LogP contribution in [0.15, 0.2) is 23.1 Å². The van der Waals surface area contributed by atoms with Crippen molar-refractivity contribution < 1.29 is 18.1 Å². The van der Waals surface area contributed by atoms with Crippen LogP contribution in [0.1, 0.15) is 6.42 Å². The number of carbonyl (C=O) groups is 1. The summed E-state index contributed by atoms with van der Waals surface area (Å²) in [4.78, 5) is 21.1. The van der Waals surface area contributed by atoms with E-state index in [1.54, 1.807) is 0 Å². The molecule has 0 unspecified atom stereocenters. The number of anilines is 1. The molecule has 0 saturated carbocycles. The third-order valence-corrected chi connectivity index (χ3v) is 5.03. The maximum atomic E-state index is 12.6. The Bertz CT molecular complexity index is 688. The molecule has 1 heterocycles. The first kappa shape index (κ1) is 15.2. The average molecular weight is 314 g/mol. The molecule has 0 spiro atoms. The summed E-state index contributed by atoms with van der Waals surface area (Å²) < 4.78 is 26.2. The first-order valence-electron chi connectivity index (χ1n) is 6.14. The molecule has 3 N–H and O–H groups in total. The molecule has 114 valence electrons. The maximum Gasteiger partial charge on any atom is 0.312 e. The minimum atomic E-state index is -4.09. The number of nitro groups is 1. The van der Waals surface area contributed by atoms with Crippen LogP contribution in [0.25, 0.3) is 0 Å². The fourth-order valence-electron chi connectivity index (χ4n) is 2.07. The van der Waals surface area contributed by atoms with E-state index in [0.29, 0.717) is 0 Å². The number of nitrogens with zero attached hydrogens (tertiary/aromatic N) is 2. The lowest BCUT2D eigenvalue weighted by molar-refractivity contribution is -0.386. The van der Waals surface area contributed by atoms with Crippen LogP contribution in [-0.4, -0.2) is 43.2 Å². The summed E-state index contributed by atoms with van der Waals surface area (Å²) in [6.45, 7) is 0.189. The van der Waals surface area contributed by atoms with Crippen LogP contribution in [0.2, 0.25) is 0 Å². The maximum absolute atomic E-state index is 12.6. The van der Waals surface area contributed by atoms with Crippen LogP contribution in [0.5, 0.6) is 0 Å². The molecule has 0 aliphatic carbocycles. The van der Waals surface area contributed by atoms with Crippen molar-refractivity contribution in [2.24, 2.45) is 0 Å². The Balaban J connectivity index is 2.47. The zero-order chi connectivity index (χ0) is 15.6. The highest BCUT2D eigenvalue weighted by molar-refractivity contribution is 7.89. The lowest BCUT2D eigenvalue weighted by Crippen LogP contribution is -2.34. The minimum absolute atomic E-state index is 0.00927. The summed E-state index contributed by atoms with van der Waals surface area (Å²) in [7, 11) is -4.09. The number of hydrogen-bond acceptors (Lipinski definition) is 6. The van der Waals surface area contributed by atoms with Crippen LogP contribution in [0.3, 0.4) is 0 Å². The van der Waals surface area contributed by atoms with E-state index < -0.39 is 25.5 Å². The Kier molecular flexibility index (Phi) is 4.09. The van der Waals surface area contributed by atoms with Crippen LogP contribution < -0.4 is 11.1 Å². The SMILES string of the molecule is Nc1cccc(S(=O)(=O)N2CCNC(=O)CC2)c1[N+](=O)[O-]. The minimum Gasteiger partial charge on any atom is -0.393 e. The van der Waals surface area contributed by atoms with Gasteiger partial charge in [0.1, 0.15) is 5.69 Å². The summed E-state index contributed by atoms with van der Waals surface area (Å²) in [5.41, 5.74) is 4.65. The van der Waals surface area contributed by atoms with Crippen LogP contribution in [0, 0.1) is 10.1 Å². The lowest BCUT2D eigenvalue weighted by Gasteiger charge is -2.19. The van der Waals surface area contributed by atoms with Crippen molar-refractivity contribution in [1.82, 2.24) is 9.62 Å². The van der Waals surface area contributed by atoms with E-state index in [-0.39, 0.29) is 37.6 Å². The van der Waals surface area contributed by atoms with Gasteiger partial charge < -0.3 is 11.1 Å². The Morgan fingerprint density at radius 3 is 2.71 bits per heavy atom. The van der Waals surface area contributed by atoms with E-state index in [1.165, 1.54) is 12.1 Å². The normalized spacial score (nSPS) is 17.0. The summed E-state index contributed by atoms with van der Waals surface area (Å²) >= 11 is 0. The number of sulfonamides is 1. The second-order valence-electron chi connectivity index (χ2n) is 4.46. The van der Waals surface area contributed by atoms with Gasteiger partial charge in [-0.3, -0.25) is 14.9 Å². The fraction of sp³-hybridized carbons (Fsp3) is 0.364. The van der Waals surface area contributed by atoms with Gasteiger partial charge in [0.15, 0.2) is 4.90 Å². The Morgan fingerprint density at radius 1 is 1.33 bits per heavy atom. The van der Waals surface area contributed by atoms with Crippen molar-refractivity contribution in [3.8, 4) is 0 Å². The highest BCUT2D eigenvalue weighted by Crippen LogP contribution is 2.31. The highest BCUT2D eigenvalue weighted by Gasteiger charge is 2.34. The number of carbonyl (C=O) groups excluding carboxylic acids is 1. The van der Waals surface area contributed by atoms with Gasteiger partial charge in [-0.15, -0.1) is 0 Å². The number of amides is 1. The van der Waals surface area contributed by atoms with Crippen molar-refractivity contribution in [3.63, 3.8) is 0 Å². The molecule has 0 radical (unpaired) electrons. The van der Waals surface area contributed by atoms with Gasteiger partial charge in [0.05, 0.1) is 4.92 Å². The van der Waals surface area contributed by atoms with Crippen molar-refractivity contribution in [3.05, 3.63) is 28.3 Å². The Morgan fingerprint density at radius 2 is 2.05 bits per heavy atom. The molecular weight excluding hydrogens is 300 g/mol. The number of rotatable bonds is 3. The fourth-order valence-corrected chi connectivity index (χ4v) is 3.70. The smallest absolute Gasteiger partial charge is 0.312 e. The van der Waals surface area contributed by atoms with E-state index in [4.69, 9.17) is 5.73 Å². The number of benzene rings is 1. The average Bonchev–Trinajstić information content (AvgIpc) is 2.63. The van der Waals surface area contributed by atoms with Gasteiger partial charge in [-0.2, -0.15) is 4.31 Å². The Labute approximate surface area is 120 Å². The molecule has 21 heavy (non-hydrogen) atoms. The first-order valence-corrected chi connectivity index (χ1v) is 7.58. The number of para-hydroxylation sites is 1. The largest absolute Gasteiger partial charge is 0.393 e. The summed E-state index contributed by atoms with van der Waals surface area (Å²) in [6, 6.07) is 3.76. The third-order valence-electron chi connectivity index (χ3n) is 3.10. The van der Waals surface area contributed by atoms with Gasteiger partial charge in [0.25, 0.3) is 0 Å². The molecule has 2 rings (SSSR count). The van der Waals surface area contributed by atoms with Crippen molar-refractivity contribution >= 4 is 27.3 Å². The van der Waals surface area contributed by atoms with E-state index >= 15 is 0 Å². The standard InChI is InChI=1S/C11H14N4O5S/c12-8-2-1-3-9(11(8)15(17)18)21(19,20)14-6-4-10(16)13-5-7-14/h1-3H,4-7,12H2,(H,13,16). The quantitative estimate of drug-likeness (QED) is 0.446. The second kappa shape index (κ2) is 5.66. The topological polar surface area (TPSA) is 136 Å². The third kappa shape index (κ3) is 2.95. The highest BCUT2D eigenvalue weighted by atomic mass is 32.2. The van der Waals surface area contributed by atoms with Crippen molar-refractivity contribution in [2.75, 3.05) is 25.4 Å². The first-order chi connectivity index (χ1) is 9.84. The molecule has 1 aromatic rings. The van der Waals surface area contributed by atoms with E-state index in [0.717, 1.165) is 10.4 Å². The molecule has 1 fully saturated rings. The molecule has 0 bridgehead atoms.